The normalized spacial score (nSPS) is 14.4. The molecule has 3 aromatic rings. The maximum atomic E-state index is 13.0. The van der Waals surface area contributed by atoms with E-state index in [9.17, 15) is 19.7 Å². The zero-order chi connectivity index (χ0) is 25.8. The number of non-ortho nitro benzene ring substituents is 1. The monoisotopic (exact) mass is 568 g/mol. The van der Waals surface area contributed by atoms with Gasteiger partial charge in [0.15, 0.2) is 11.5 Å². The summed E-state index contributed by atoms with van der Waals surface area (Å²) in [4.78, 5) is 37.5. The van der Waals surface area contributed by atoms with Crippen LogP contribution in [0.2, 0.25) is 0 Å². The molecule has 0 N–H and O–H groups in total. The lowest BCUT2D eigenvalue weighted by Crippen LogP contribution is -2.27. The number of ether oxygens (including phenoxy) is 2. The number of thioether (sulfide) groups is 1. The summed E-state index contributed by atoms with van der Waals surface area (Å²) in [6, 6.07) is 17.2. The molecule has 0 bridgehead atoms. The Kier molecular flexibility index (Phi) is 7.76. The van der Waals surface area contributed by atoms with Crippen LogP contribution in [0.1, 0.15) is 22.3 Å². The number of imide groups is 1. The largest absolute Gasteiger partial charge is 0.493 e. The summed E-state index contributed by atoms with van der Waals surface area (Å²) in [7, 11) is 1.50. The fourth-order valence-corrected chi connectivity index (χ4v) is 4.81. The fourth-order valence-electron chi connectivity index (χ4n) is 3.54. The molecule has 0 aliphatic carbocycles. The SMILES string of the molecule is COc1cc(/C=C2\SC(=O)N(Cc3ccccc3C)C2=O)c(Br)cc1OCc1ccc([N+](=O)[O-])cc1. The van der Waals surface area contributed by atoms with Crippen LogP contribution in [0.15, 0.2) is 70.0 Å². The van der Waals surface area contributed by atoms with Crippen LogP contribution in [0.25, 0.3) is 6.08 Å². The first-order valence-corrected chi connectivity index (χ1v) is 12.4. The van der Waals surface area contributed by atoms with E-state index in [4.69, 9.17) is 9.47 Å². The summed E-state index contributed by atoms with van der Waals surface area (Å²) in [5.41, 5.74) is 3.34. The van der Waals surface area contributed by atoms with Gasteiger partial charge >= 0.3 is 0 Å². The zero-order valence-electron chi connectivity index (χ0n) is 19.4. The van der Waals surface area contributed by atoms with Crippen molar-refractivity contribution in [1.82, 2.24) is 4.90 Å². The molecule has 184 valence electrons. The van der Waals surface area contributed by atoms with Crippen LogP contribution in [0.5, 0.6) is 11.5 Å². The molecule has 1 aliphatic heterocycles. The van der Waals surface area contributed by atoms with Crippen LogP contribution in [0.3, 0.4) is 0 Å². The van der Waals surface area contributed by atoms with Crippen molar-refractivity contribution >= 4 is 50.6 Å². The average molecular weight is 569 g/mol. The predicted molar refractivity (Wildman–Crippen MR) is 141 cm³/mol. The van der Waals surface area contributed by atoms with Gasteiger partial charge in [0.2, 0.25) is 0 Å². The van der Waals surface area contributed by atoms with Crippen molar-refractivity contribution in [1.29, 1.82) is 0 Å². The molecule has 4 rings (SSSR count). The Morgan fingerprint density at radius 2 is 1.81 bits per heavy atom. The molecule has 0 saturated carbocycles. The average Bonchev–Trinajstić information content (AvgIpc) is 3.12. The third kappa shape index (κ3) is 5.60. The highest BCUT2D eigenvalue weighted by Gasteiger charge is 2.35. The van der Waals surface area contributed by atoms with Crippen LogP contribution < -0.4 is 9.47 Å². The topological polar surface area (TPSA) is 99.0 Å². The van der Waals surface area contributed by atoms with Crippen LogP contribution >= 0.6 is 27.7 Å². The molecule has 1 fully saturated rings. The second-order valence-electron chi connectivity index (χ2n) is 7.93. The third-order valence-corrected chi connectivity index (χ3v) is 7.17. The number of rotatable bonds is 8. The molecule has 0 atom stereocenters. The standard InChI is InChI=1S/C26H21BrN2O6S/c1-16-5-3-4-6-18(16)14-28-25(30)24(36-26(28)31)12-19-11-22(34-2)23(13-21(19)27)35-15-17-7-9-20(10-8-17)29(32)33/h3-13H,14-15H2,1-2H3/b24-12-. The van der Waals surface area contributed by atoms with Gasteiger partial charge in [0.1, 0.15) is 6.61 Å². The van der Waals surface area contributed by atoms with E-state index in [1.54, 1.807) is 30.3 Å². The molecule has 1 saturated heterocycles. The van der Waals surface area contributed by atoms with Crippen LogP contribution in [-0.2, 0) is 17.9 Å². The van der Waals surface area contributed by atoms with Crippen LogP contribution in [0.4, 0.5) is 10.5 Å². The van der Waals surface area contributed by atoms with Gasteiger partial charge in [0, 0.05) is 16.6 Å². The number of methoxy groups -OCH3 is 1. The van der Waals surface area contributed by atoms with Crippen molar-refractivity contribution in [2.24, 2.45) is 0 Å². The highest BCUT2D eigenvalue weighted by molar-refractivity contribution is 9.10. The summed E-state index contributed by atoms with van der Waals surface area (Å²) in [6.07, 6.45) is 1.65. The number of carbonyl (C=O) groups excluding carboxylic acids is 2. The molecule has 0 spiro atoms. The van der Waals surface area contributed by atoms with Gasteiger partial charge in [0.05, 0.1) is 23.5 Å². The summed E-state index contributed by atoms with van der Waals surface area (Å²) in [5, 5.41) is 10.5. The molecule has 0 aromatic heterocycles. The number of amides is 2. The number of aryl methyl sites for hydroxylation is 1. The van der Waals surface area contributed by atoms with Crippen molar-refractivity contribution < 1.29 is 24.0 Å². The Labute approximate surface area is 220 Å². The highest BCUT2D eigenvalue weighted by atomic mass is 79.9. The van der Waals surface area contributed by atoms with Crippen molar-refractivity contribution in [2.45, 2.75) is 20.1 Å². The zero-order valence-corrected chi connectivity index (χ0v) is 21.8. The molecule has 0 radical (unpaired) electrons. The van der Waals surface area contributed by atoms with Gasteiger partial charge in [-0.25, -0.2) is 0 Å². The second-order valence-corrected chi connectivity index (χ2v) is 9.78. The van der Waals surface area contributed by atoms with Crippen molar-refractivity contribution in [3.8, 4) is 11.5 Å². The van der Waals surface area contributed by atoms with Gasteiger partial charge < -0.3 is 9.47 Å². The molecule has 3 aromatic carbocycles. The smallest absolute Gasteiger partial charge is 0.293 e. The van der Waals surface area contributed by atoms with E-state index >= 15 is 0 Å². The predicted octanol–water partition coefficient (Wildman–Crippen LogP) is 6.49. The number of nitrogens with zero attached hydrogens (tertiary/aromatic N) is 2. The molecule has 8 nitrogen and oxygen atoms in total. The number of hydrogen-bond donors (Lipinski definition) is 0. The van der Waals surface area contributed by atoms with Gasteiger partial charge in [-0.05, 0) is 71.3 Å². The van der Waals surface area contributed by atoms with Crippen LogP contribution in [0, 0.1) is 17.0 Å². The number of benzene rings is 3. The van der Waals surface area contributed by atoms with E-state index in [1.165, 1.54) is 24.1 Å². The Morgan fingerprint density at radius 1 is 1.08 bits per heavy atom. The molecular formula is C26H21BrN2O6S. The minimum atomic E-state index is -0.457. The van der Waals surface area contributed by atoms with E-state index in [-0.39, 0.29) is 30.0 Å². The van der Waals surface area contributed by atoms with Gasteiger partial charge in [-0.2, -0.15) is 0 Å². The minimum absolute atomic E-state index is 0.00625. The Hall–Kier alpha value is -3.63. The Balaban J connectivity index is 1.52. The molecule has 2 amide bonds. The first kappa shape index (κ1) is 25.5. The highest BCUT2D eigenvalue weighted by Crippen LogP contribution is 2.38. The van der Waals surface area contributed by atoms with E-state index in [2.05, 4.69) is 15.9 Å². The number of nitro groups is 1. The van der Waals surface area contributed by atoms with E-state index in [0.29, 0.717) is 26.4 Å². The molecule has 10 heteroatoms. The summed E-state index contributed by atoms with van der Waals surface area (Å²) in [6.45, 7) is 2.34. The lowest BCUT2D eigenvalue weighted by Gasteiger charge is -2.14. The lowest BCUT2D eigenvalue weighted by molar-refractivity contribution is -0.384. The molecule has 36 heavy (non-hydrogen) atoms. The molecule has 1 heterocycles. The first-order chi connectivity index (χ1) is 17.3. The number of nitro benzene ring substituents is 1. The number of hydrogen-bond acceptors (Lipinski definition) is 7. The molecule has 0 unspecified atom stereocenters. The second kappa shape index (κ2) is 11.0. The number of carbonyl (C=O) groups is 2. The van der Waals surface area contributed by atoms with Gasteiger partial charge in [-0.1, -0.05) is 40.2 Å². The van der Waals surface area contributed by atoms with Crippen molar-refractivity contribution in [3.05, 3.63) is 102 Å². The van der Waals surface area contributed by atoms with Gasteiger partial charge in [0.25, 0.3) is 16.8 Å². The summed E-state index contributed by atoms with van der Waals surface area (Å²) in [5.74, 6) is 0.538. The van der Waals surface area contributed by atoms with Crippen molar-refractivity contribution in [3.63, 3.8) is 0 Å². The third-order valence-electron chi connectivity index (χ3n) is 5.57. The van der Waals surface area contributed by atoms with Gasteiger partial charge in [-0.3, -0.25) is 24.6 Å². The minimum Gasteiger partial charge on any atom is -0.493 e. The number of halogens is 1. The Morgan fingerprint density at radius 3 is 2.47 bits per heavy atom. The lowest BCUT2D eigenvalue weighted by atomic mass is 10.1. The van der Waals surface area contributed by atoms with Crippen LogP contribution in [-0.4, -0.2) is 28.1 Å². The maximum absolute atomic E-state index is 13.0. The summed E-state index contributed by atoms with van der Waals surface area (Å²) >= 11 is 4.41. The fraction of sp³-hybridized carbons (Fsp3) is 0.154. The van der Waals surface area contributed by atoms with Crippen molar-refractivity contribution in [2.75, 3.05) is 7.11 Å². The quantitative estimate of drug-likeness (QED) is 0.174. The molecule has 1 aliphatic rings. The molecular weight excluding hydrogens is 548 g/mol. The Bertz CT molecular complexity index is 1370. The maximum Gasteiger partial charge on any atom is 0.293 e. The van der Waals surface area contributed by atoms with E-state index in [1.807, 2.05) is 31.2 Å². The van der Waals surface area contributed by atoms with E-state index in [0.717, 1.165) is 28.5 Å². The van der Waals surface area contributed by atoms with Gasteiger partial charge in [-0.15, -0.1) is 0 Å². The van der Waals surface area contributed by atoms with E-state index < -0.39 is 4.92 Å². The summed E-state index contributed by atoms with van der Waals surface area (Å²) < 4.78 is 12.0. The first-order valence-electron chi connectivity index (χ1n) is 10.8.